The highest BCUT2D eigenvalue weighted by Crippen LogP contribution is 2.21. The molecule has 0 fully saturated rings. The van der Waals surface area contributed by atoms with Crippen LogP contribution in [0.3, 0.4) is 0 Å². The summed E-state index contributed by atoms with van der Waals surface area (Å²) in [6.45, 7) is 5.86. The van der Waals surface area contributed by atoms with Crippen LogP contribution >= 0.6 is 0 Å². The molecule has 0 aliphatic heterocycles. The lowest BCUT2D eigenvalue weighted by Crippen LogP contribution is -2.40. The second kappa shape index (κ2) is 7.75. The minimum absolute atomic E-state index is 0.102. The maximum Gasteiger partial charge on any atom is 0.313 e. The van der Waals surface area contributed by atoms with Crippen LogP contribution in [0, 0.1) is 20.8 Å². The molecule has 6 nitrogen and oxygen atoms in total. The molecular formula is C15H22N2O4. The average Bonchev–Trinajstić information content (AvgIpc) is 2.43. The van der Waals surface area contributed by atoms with E-state index in [1.165, 1.54) is 14.2 Å². The topological polar surface area (TPSA) is 76.7 Å². The van der Waals surface area contributed by atoms with Crippen LogP contribution in [0.25, 0.3) is 0 Å². The molecule has 0 saturated heterocycles. The van der Waals surface area contributed by atoms with Crippen molar-refractivity contribution in [2.24, 2.45) is 0 Å². The van der Waals surface area contributed by atoms with Gasteiger partial charge in [-0.2, -0.15) is 0 Å². The maximum atomic E-state index is 11.9. The van der Waals surface area contributed by atoms with Crippen LogP contribution in [0.1, 0.15) is 16.7 Å². The fraction of sp³-hybridized carbons (Fsp3) is 0.467. The molecule has 1 aromatic rings. The van der Waals surface area contributed by atoms with Crippen molar-refractivity contribution in [3.63, 3.8) is 0 Å². The Morgan fingerprint density at radius 3 is 2.05 bits per heavy atom. The quantitative estimate of drug-likeness (QED) is 0.633. The number of carbonyl (C=O) groups excluding carboxylic acids is 2. The van der Waals surface area contributed by atoms with E-state index < -0.39 is 18.1 Å². The molecule has 2 amide bonds. The monoisotopic (exact) mass is 294 g/mol. The molecular weight excluding hydrogens is 272 g/mol. The highest BCUT2D eigenvalue weighted by molar-refractivity contribution is 6.39. The standard InChI is InChI=1S/C15H22N2O4/c1-9-6-10(2)13(11(3)7-9)17-15(19)14(18)16-8-12(20-4)21-5/h6-7,12H,8H2,1-5H3,(H,16,18)(H,17,19). The van der Waals surface area contributed by atoms with E-state index in [2.05, 4.69) is 10.6 Å². The molecule has 0 unspecified atom stereocenters. The number of aryl methyl sites for hydroxylation is 3. The van der Waals surface area contributed by atoms with E-state index in [-0.39, 0.29) is 6.54 Å². The first kappa shape index (κ1) is 17.1. The molecule has 0 saturated carbocycles. The van der Waals surface area contributed by atoms with Gasteiger partial charge in [0, 0.05) is 19.9 Å². The van der Waals surface area contributed by atoms with E-state index in [9.17, 15) is 9.59 Å². The third-order valence-corrected chi connectivity index (χ3v) is 3.08. The Balaban J connectivity index is 2.67. The van der Waals surface area contributed by atoms with Crippen LogP contribution in [-0.2, 0) is 19.1 Å². The van der Waals surface area contributed by atoms with E-state index in [1.54, 1.807) is 0 Å². The highest BCUT2D eigenvalue weighted by atomic mass is 16.7. The molecule has 0 spiro atoms. The summed E-state index contributed by atoms with van der Waals surface area (Å²) in [4.78, 5) is 23.6. The van der Waals surface area contributed by atoms with E-state index >= 15 is 0 Å². The van der Waals surface area contributed by atoms with Crippen molar-refractivity contribution in [3.8, 4) is 0 Å². The third-order valence-electron chi connectivity index (χ3n) is 3.08. The van der Waals surface area contributed by atoms with Crippen LogP contribution in [0.5, 0.6) is 0 Å². The lowest BCUT2D eigenvalue weighted by atomic mass is 10.1. The number of nitrogens with one attached hydrogen (secondary N) is 2. The van der Waals surface area contributed by atoms with E-state index in [1.807, 2.05) is 32.9 Å². The fourth-order valence-corrected chi connectivity index (χ4v) is 2.07. The smallest absolute Gasteiger partial charge is 0.313 e. The zero-order valence-corrected chi connectivity index (χ0v) is 13.1. The minimum atomic E-state index is -0.728. The number of carbonyl (C=O) groups is 2. The number of hydrogen-bond acceptors (Lipinski definition) is 4. The number of hydrogen-bond donors (Lipinski definition) is 2. The van der Waals surface area contributed by atoms with Crippen LogP contribution < -0.4 is 10.6 Å². The summed E-state index contributed by atoms with van der Waals surface area (Å²) >= 11 is 0. The van der Waals surface area contributed by atoms with Crippen molar-refractivity contribution in [1.82, 2.24) is 5.32 Å². The van der Waals surface area contributed by atoms with Crippen molar-refractivity contribution < 1.29 is 19.1 Å². The molecule has 2 N–H and O–H groups in total. The van der Waals surface area contributed by atoms with Crippen molar-refractivity contribution in [3.05, 3.63) is 28.8 Å². The van der Waals surface area contributed by atoms with Crippen molar-refractivity contribution >= 4 is 17.5 Å². The number of amides is 2. The molecule has 0 aromatic heterocycles. The Morgan fingerprint density at radius 2 is 1.57 bits per heavy atom. The molecule has 0 bridgehead atoms. The molecule has 0 heterocycles. The minimum Gasteiger partial charge on any atom is -0.354 e. The second-order valence-corrected chi connectivity index (χ2v) is 4.84. The van der Waals surface area contributed by atoms with Crippen molar-refractivity contribution in [1.29, 1.82) is 0 Å². The summed E-state index contributed by atoms with van der Waals surface area (Å²) in [7, 11) is 2.92. The Bertz CT molecular complexity index is 501. The molecule has 0 radical (unpaired) electrons. The molecule has 1 rings (SSSR count). The fourth-order valence-electron chi connectivity index (χ4n) is 2.07. The van der Waals surface area contributed by atoms with Crippen molar-refractivity contribution in [2.45, 2.75) is 27.1 Å². The normalized spacial score (nSPS) is 10.6. The van der Waals surface area contributed by atoms with Gasteiger partial charge >= 0.3 is 11.8 Å². The van der Waals surface area contributed by atoms with Crippen LogP contribution in [0.2, 0.25) is 0 Å². The predicted molar refractivity (Wildman–Crippen MR) is 80.1 cm³/mol. The zero-order chi connectivity index (χ0) is 16.0. The van der Waals surface area contributed by atoms with Crippen LogP contribution in [0.15, 0.2) is 12.1 Å². The first-order valence-corrected chi connectivity index (χ1v) is 6.61. The summed E-state index contributed by atoms with van der Waals surface area (Å²) in [6.07, 6.45) is -0.579. The first-order chi connectivity index (χ1) is 9.88. The van der Waals surface area contributed by atoms with Crippen LogP contribution in [-0.4, -0.2) is 38.9 Å². The van der Waals surface area contributed by atoms with Gasteiger partial charge in [0.1, 0.15) is 0 Å². The lowest BCUT2D eigenvalue weighted by molar-refractivity contribution is -0.139. The molecule has 1 aromatic carbocycles. The van der Waals surface area contributed by atoms with Gasteiger partial charge in [-0.3, -0.25) is 9.59 Å². The number of rotatable bonds is 5. The van der Waals surface area contributed by atoms with E-state index in [0.717, 1.165) is 16.7 Å². The third kappa shape index (κ3) is 4.84. The molecule has 0 aliphatic rings. The molecule has 0 atom stereocenters. The zero-order valence-electron chi connectivity index (χ0n) is 13.1. The van der Waals surface area contributed by atoms with Gasteiger partial charge in [0.25, 0.3) is 0 Å². The predicted octanol–water partition coefficient (Wildman–Crippen LogP) is 1.29. The summed E-state index contributed by atoms with van der Waals surface area (Å²) in [5.41, 5.74) is 3.60. The van der Waals surface area contributed by atoms with Crippen LogP contribution in [0.4, 0.5) is 5.69 Å². The van der Waals surface area contributed by atoms with Gasteiger partial charge in [-0.15, -0.1) is 0 Å². The average molecular weight is 294 g/mol. The van der Waals surface area contributed by atoms with Gasteiger partial charge in [0.15, 0.2) is 6.29 Å². The van der Waals surface area contributed by atoms with Gasteiger partial charge in [-0.1, -0.05) is 17.7 Å². The van der Waals surface area contributed by atoms with Gasteiger partial charge in [-0.25, -0.2) is 0 Å². The van der Waals surface area contributed by atoms with Crippen molar-refractivity contribution in [2.75, 3.05) is 26.1 Å². The Labute approximate surface area is 124 Å². The molecule has 6 heteroatoms. The second-order valence-electron chi connectivity index (χ2n) is 4.84. The van der Waals surface area contributed by atoms with Gasteiger partial charge in [0.05, 0.1) is 6.54 Å². The number of ether oxygens (including phenoxy) is 2. The van der Waals surface area contributed by atoms with E-state index in [0.29, 0.717) is 5.69 Å². The number of anilines is 1. The SMILES string of the molecule is COC(CNC(=O)C(=O)Nc1c(C)cc(C)cc1C)OC. The maximum absolute atomic E-state index is 11.9. The Morgan fingerprint density at radius 1 is 1.05 bits per heavy atom. The number of benzene rings is 1. The highest BCUT2D eigenvalue weighted by Gasteiger charge is 2.17. The van der Waals surface area contributed by atoms with Gasteiger partial charge in [0.2, 0.25) is 0 Å². The molecule has 0 aliphatic carbocycles. The largest absolute Gasteiger partial charge is 0.354 e. The summed E-state index contributed by atoms with van der Waals surface area (Å²) in [5, 5.41) is 5.09. The lowest BCUT2D eigenvalue weighted by Gasteiger charge is -2.15. The van der Waals surface area contributed by atoms with Gasteiger partial charge in [-0.05, 0) is 31.9 Å². The molecule has 21 heavy (non-hydrogen) atoms. The van der Waals surface area contributed by atoms with E-state index in [4.69, 9.17) is 9.47 Å². The summed E-state index contributed by atoms with van der Waals surface area (Å²) < 4.78 is 9.86. The molecule has 116 valence electrons. The number of methoxy groups -OCH3 is 2. The summed E-state index contributed by atoms with van der Waals surface area (Å²) in [5.74, 6) is -1.44. The first-order valence-electron chi connectivity index (χ1n) is 6.61. The van der Waals surface area contributed by atoms with Gasteiger partial charge < -0.3 is 20.1 Å². The Kier molecular flexibility index (Phi) is 6.33. The Hall–Kier alpha value is -1.92. The summed E-state index contributed by atoms with van der Waals surface area (Å²) in [6, 6.07) is 3.90.